The number of nitrogen functional groups attached to an aromatic ring is 2. The summed E-state index contributed by atoms with van der Waals surface area (Å²) in [6, 6.07) is 5.29. The first kappa shape index (κ1) is 9.83. The second-order valence-corrected chi connectivity index (χ2v) is 3.95. The molecule has 0 heterocycles. The Labute approximate surface area is 88.6 Å². The minimum atomic E-state index is -0.0998. The molecule has 1 fully saturated rings. The molecule has 0 unspecified atom stereocenters. The van der Waals surface area contributed by atoms with E-state index in [1.807, 2.05) is 0 Å². The van der Waals surface area contributed by atoms with E-state index in [0.717, 1.165) is 12.8 Å². The van der Waals surface area contributed by atoms with E-state index in [1.54, 1.807) is 18.2 Å². The van der Waals surface area contributed by atoms with Crippen molar-refractivity contribution in [3.63, 3.8) is 0 Å². The molecule has 4 heteroatoms. The van der Waals surface area contributed by atoms with Gasteiger partial charge in [-0.3, -0.25) is 4.79 Å². The fourth-order valence-electron chi connectivity index (χ4n) is 1.60. The number of amides is 1. The van der Waals surface area contributed by atoms with Crippen molar-refractivity contribution in [2.24, 2.45) is 0 Å². The SMILES string of the molecule is Nc1ccc(C(=O)NC2CCC2)c(N)c1. The fourth-order valence-corrected chi connectivity index (χ4v) is 1.60. The molecule has 1 saturated carbocycles. The van der Waals surface area contributed by atoms with Crippen molar-refractivity contribution in [1.29, 1.82) is 0 Å². The molecule has 0 bridgehead atoms. The number of hydrogen-bond acceptors (Lipinski definition) is 3. The largest absolute Gasteiger partial charge is 0.399 e. The van der Waals surface area contributed by atoms with Crippen LogP contribution in [0.1, 0.15) is 29.6 Å². The molecule has 0 atom stereocenters. The zero-order valence-electron chi connectivity index (χ0n) is 8.49. The highest BCUT2D eigenvalue weighted by molar-refractivity contribution is 5.99. The van der Waals surface area contributed by atoms with Gasteiger partial charge < -0.3 is 16.8 Å². The summed E-state index contributed by atoms with van der Waals surface area (Å²) >= 11 is 0. The molecule has 0 radical (unpaired) electrons. The van der Waals surface area contributed by atoms with Crippen LogP contribution in [0.15, 0.2) is 18.2 Å². The van der Waals surface area contributed by atoms with Gasteiger partial charge in [0.2, 0.25) is 0 Å². The third kappa shape index (κ3) is 2.03. The van der Waals surface area contributed by atoms with Gasteiger partial charge in [0, 0.05) is 17.4 Å². The van der Waals surface area contributed by atoms with E-state index in [4.69, 9.17) is 11.5 Å². The van der Waals surface area contributed by atoms with Gasteiger partial charge in [0.1, 0.15) is 0 Å². The molecule has 15 heavy (non-hydrogen) atoms. The normalized spacial score (nSPS) is 15.7. The third-order valence-electron chi connectivity index (χ3n) is 2.76. The highest BCUT2D eigenvalue weighted by atomic mass is 16.1. The summed E-state index contributed by atoms with van der Waals surface area (Å²) < 4.78 is 0. The van der Waals surface area contributed by atoms with Gasteiger partial charge >= 0.3 is 0 Å². The number of carbonyl (C=O) groups is 1. The Morgan fingerprint density at radius 2 is 2.07 bits per heavy atom. The van der Waals surface area contributed by atoms with E-state index in [-0.39, 0.29) is 5.91 Å². The van der Waals surface area contributed by atoms with Crippen molar-refractivity contribution in [3.8, 4) is 0 Å². The number of rotatable bonds is 2. The van der Waals surface area contributed by atoms with Crippen LogP contribution in [0.5, 0.6) is 0 Å². The maximum absolute atomic E-state index is 11.7. The first-order valence-corrected chi connectivity index (χ1v) is 5.12. The van der Waals surface area contributed by atoms with Crippen LogP contribution >= 0.6 is 0 Å². The first-order valence-electron chi connectivity index (χ1n) is 5.12. The smallest absolute Gasteiger partial charge is 0.253 e. The molecule has 0 aromatic heterocycles. The lowest BCUT2D eigenvalue weighted by atomic mass is 9.93. The minimum Gasteiger partial charge on any atom is -0.399 e. The Hall–Kier alpha value is -1.71. The second-order valence-electron chi connectivity index (χ2n) is 3.95. The van der Waals surface area contributed by atoms with E-state index in [2.05, 4.69) is 5.32 Å². The van der Waals surface area contributed by atoms with Gasteiger partial charge in [0.15, 0.2) is 0 Å². The molecule has 1 aliphatic rings. The number of anilines is 2. The van der Waals surface area contributed by atoms with Gasteiger partial charge in [-0.2, -0.15) is 0 Å². The van der Waals surface area contributed by atoms with E-state index >= 15 is 0 Å². The van der Waals surface area contributed by atoms with Gasteiger partial charge in [0.05, 0.1) is 5.56 Å². The number of hydrogen-bond donors (Lipinski definition) is 3. The molecule has 0 saturated heterocycles. The lowest BCUT2D eigenvalue weighted by Gasteiger charge is -2.26. The number of nitrogens with two attached hydrogens (primary N) is 2. The second kappa shape index (κ2) is 3.81. The topological polar surface area (TPSA) is 81.1 Å². The van der Waals surface area contributed by atoms with Gasteiger partial charge in [-0.1, -0.05) is 0 Å². The molecule has 1 amide bonds. The van der Waals surface area contributed by atoms with E-state index in [1.165, 1.54) is 6.42 Å². The van der Waals surface area contributed by atoms with E-state index in [9.17, 15) is 4.79 Å². The van der Waals surface area contributed by atoms with Crippen LogP contribution in [0.3, 0.4) is 0 Å². The highest BCUT2D eigenvalue weighted by Gasteiger charge is 2.20. The monoisotopic (exact) mass is 205 g/mol. The number of carbonyl (C=O) groups excluding carboxylic acids is 1. The maximum atomic E-state index is 11.7. The Morgan fingerprint density at radius 3 is 2.60 bits per heavy atom. The number of benzene rings is 1. The lowest BCUT2D eigenvalue weighted by Crippen LogP contribution is -2.39. The van der Waals surface area contributed by atoms with Gasteiger partial charge in [-0.25, -0.2) is 0 Å². The molecule has 4 nitrogen and oxygen atoms in total. The molecule has 0 spiro atoms. The molecule has 5 N–H and O–H groups in total. The average Bonchev–Trinajstić information content (AvgIpc) is 2.11. The Morgan fingerprint density at radius 1 is 1.33 bits per heavy atom. The average molecular weight is 205 g/mol. The molecule has 1 aromatic carbocycles. The zero-order chi connectivity index (χ0) is 10.8. The molecule has 1 aromatic rings. The molecular formula is C11H15N3O. The fraction of sp³-hybridized carbons (Fsp3) is 0.364. The maximum Gasteiger partial charge on any atom is 0.253 e. The van der Waals surface area contributed by atoms with Gasteiger partial charge in [-0.05, 0) is 37.5 Å². The van der Waals surface area contributed by atoms with Crippen molar-refractivity contribution >= 4 is 17.3 Å². The van der Waals surface area contributed by atoms with Crippen LogP contribution in [-0.2, 0) is 0 Å². The van der Waals surface area contributed by atoms with Crippen LogP contribution < -0.4 is 16.8 Å². The Balaban J connectivity index is 2.10. The van der Waals surface area contributed by atoms with Crippen LogP contribution in [-0.4, -0.2) is 11.9 Å². The molecule has 80 valence electrons. The summed E-state index contributed by atoms with van der Waals surface area (Å²) in [5.41, 5.74) is 12.8. The minimum absolute atomic E-state index is 0.0998. The summed E-state index contributed by atoms with van der Waals surface area (Å²) in [5, 5.41) is 2.93. The van der Waals surface area contributed by atoms with Crippen molar-refractivity contribution < 1.29 is 4.79 Å². The highest BCUT2D eigenvalue weighted by Crippen LogP contribution is 2.20. The van der Waals surface area contributed by atoms with Crippen molar-refractivity contribution in [3.05, 3.63) is 23.8 Å². The molecular weight excluding hydrogens is 190 g/mol. The summed E-state index contributed by atoms with van der Waals surface area (Å²) in [6.07, 6.45) is 3.34. The lowest BCUT2D eigenvalue weighted by molar-refractivity contribution is 0.0918. The molecule has 1 aliphatic carbocycles. The molecule has 0 aliphatic heterocycles. The first-order chi connectivity index (χ1) is 7.16. The van der Waals surface area contributed by atoms with Crippen molar-refractivity contribution in [2.75, 3.05) is 11.5 Å². The summed E-state index contributed by atoms with van der Waals surface area (Å²) in [7, 11) is 0. The van der Waals surface area contributed by atoms with Gasteiger partial charge in [-0.15, -0.1) is 0 Å². The zero-order valence-corrected chi connectivity index (χ0v) is 8.49. The van der Waals surface area contributed by atoms with Crippen LogP contribution in [0.2, 0.25) is 0 Å². The van der Waals surface area contributed by atoms with Crippen LogP contribution in [0, 0.1) is 0 Å². The van der Waals surface area contributed by atoms with Gasteiger partial charge in [0.25, 0.3) is 5.91 Å². The predicted molar refractivity (Wildman–Crippen MR) is 60.4 cm³/mol. The van der Waals surface area contributed by atoms with E-state index in [0.29, 0.717) is 23.0 Å². The predicted octanol–water partition coefficient (Wildman–Crippen LogP) is 1.13. The summed E-state index contributed by atoms with van der Waals surface area (Å²) in [6.45, 7) is 0. The van der Waals surface area contributed by atoms with Crippen molar-refractivity contribution in [2.45, 2.75) is 25.3 Å². The van der Waals surface area contributed by atoms with Crippen LogP contribution in [0.25, 0.3) is 0 Å². The Kier molecular flexibility index (Phi) is 2.49. The summed E-state index contributed by atoms with van der Waals surface area (Å²) in [5.74, 6) is -0.0998. The summed E-state index contributed by atoms with van der Waals surface area (Å²) in [4.78, 5) is 11.7. The van der Waals surface area contributed by atoms with Crippen LogP contribution in [0.4, 0.5) is 11.4 Å². The van der Waals surface area contributed by atoms with E-state index < -0.39 is 0 Å². The quantitative estimate of drug-likeness (QED) is 0.633. The molecule has 2 rings (SSSR count). The van der Waals surface area contributed by atoms with Crippen molar-refractivity contribution in [1.82, 2.24) is 5.32 Å². The number of nitrogens with one attached hydrogen (secondary N) is 1. The third-order valence-corrected chi connectivity index (χ3v) is 2.76. The Bertz CT molecular complexity index is 385. The standard InChI is InChI=1S/C11H15N3O/c12-7-4-5-9(10(13)6-7)11(15)14-8-2-1-3-8/h4-6,8H,1-3,12-13H2,(H,14,15).